The van der Waals surface area contributed by atoms with Gasteiger partial charge in [0.2, 0.25) is 0 Å². The Morgan fingerprint density at radius 2 is 2.05 bits per heavy atom. The maximum atomic E-state index is 4.73. The monoisotopic (exact) mass is 278 g/mol. The predicted molar refractivity (Wildman–Crippen MR) is 88.4 cm³/mol. The quantitative estimate of drug-likeness (QED) is 0.833. The molecule has 2 aliphatic rings. The van der Waals surface area contributed by atoms with Crippen LogP contribution in [0.4, 0.5) is 5.69 Å². The van der Waals surface area contributed by atoms with Crippen molar-refractivity contribution in [3.8, 4) is 0 Å². The van der Waals surface area contributed by atoms with Crippen LogP contribution < -0.4 is 5.32 Å². The van der Waals surface area contributed by atoms with Crippen LogP contribution in [0.1, 0.15) is 25.5 Å². The Bertz CT molecular complexity index is 704. The number of fused-ring (bicyclic) bond motifs is 3. The van der Waals surface area contributed by atoms with Gasteiger partial charge in [-0.1, -0.05) is 30.4 Å². The van der Waals surface area contributed by atoms with Crippen molar-refractivity contribution in [1.29, 1.82) is 0 Å². The summed E-state index contributed by atoms with van der Waals surface area (Å²) in [6.07, 6.45) is 7.55. The van der Waals surface area contributed by atoms with E-state index in [1.807, 2.05) is 0 Å². The summed E-state index contributed by atoms with van der Waals surface area (Å²) in [5, 5.41) is 4.96. The first-order valence-electron chi connectivity index (χ1n) is 8.02. The van der Waals surface area contributed by atoms with E-state index in [9.17, 15) is 0 Å². The Kier molecular flexibility index (Phi) is 2.99. The molecule has 2 heteroatoms. The minimum Gasteiger partial charge on any atom is -0.381 e. The van der Waals surface area contributed by atoms with E-state index in [0.717, 1.165) is 29.0 Å². The van der Waals surface area contributed by atoms with Crippen LogP contribution in [-0.2, 0) is 0 Å². The van der Waals surface area contributed by atoms with Gasteiger partial charge in [0.15, 0.2) is 0 Å². The van der Waals surface area contributed by atoms with Gasteiger partial charge < -0.3 is 5.32 Å². The maximum absolute atomic E-state index is 4.73. The number of aryl methyl sites for hydroxylation is 1. The maximum Gasteiger partial charge on any atom is 0.0936 e. The van der Waals surface area contributed by atoms with Crippen molar-refractivity contribution in [3.05, 3.63) is 48.2 Å². The van der Waals surface area contributed by atoms with Gasteiger partial charge in [-0.05, 0) is 56.6 Å². The zero-order valence-corrected chi connectivity index (χ0v) is 12.7. The second kappa shape index (κ2) is 4.87. The van der Waals surface area contributed by atoms with Crippen LogP contribution in [0.15, 0.2) is 42.5 Å². The van der Waals surface area contributed by atoms with E-state index in [1.165, 1.54) is 23.9 Å². The topological polar surface area (TPSA) is 24.9 Å². The molecule has 0 saturated heterocycles. The number of hydrogen-bond acceptors (Lipinski definition) is 2. The normalized spacial score (nSPS) is 28.2. The fraction of sp³-hybridized carbons (Fsp3) is 0.421. The lowest BCUT2D eigenvalue weighted by molar-refractivity contribution is 0.400. The molecule has 4 rings (SSSR count). The zero-order chi connectivity index (χ0) is 14.4. The van der Waals surface area contributed by atoms with Gasteiger partial charge >= 0.3 is 0 Å². The Morgan fingerprint density at radius 3 is 2.81 bits per heavy atom. The van der Waals surface area contributed by atoms with Gasteiger partial charge in [0.25, 0.3) is 0 Å². The molecule has 108 valence electrons. The molecule has 0 amide bonds. The minimum absolute atomic E-state index is 0.498. The van der Waals surface area contributed by atoms with Gasteiger partial charge in [-0.15, -0.1) is 0 Å². The van der Waals surface area contributed by atoms with Crippen molar-refractivity contribution in [2.75, 3.05) is 5.32 Å². The molecule has 2 bridgehead atoms. The third kappa shape index (κ3) is 2.23. The van der Waals surface area contributed by atoms with Gasteiger partial charge in [-0.25, -0.2) is 0 Å². The number of hydrogen-bond donors (Lipinski definition) is 1. The Balaban J connectivity index is 1.62. The van der Waals surface area contributed by atoms with Crippen molar-refractivity contribution >= 4 is 16.6 Å². The summed E-state index contributed by atoms with van der Waals surface area (Å²) in [5.74, 6) is 2.37. The second-order valence-corrected chi connectivity index (χ2v) is 6.71. The minimum atomic E-state index is 0.498. The first-order chi connectivity index (χ1) is 10.2. The molecule has 4 unspecified atom stereocenters. The molecule has 1 saturated carbocycles. The van der Waals surface area contributed by atoms with Crippen molar-refractivity contribution in [2.24, 2.45) is 17.8 Å². The smallest absolute Gasteiger partial charge is 0.0936 e. The molecule has 4 atom stereocenters. The molecule has 0 radical (unpaired) electrons. The van der Waals surface area contributed by atoms with E-state index in [4.69, 9.17) is 4.98 Å². The highest BCUT2D eigenvalue weighted by atomic mass is 14.9. The van der Waals surface area contributed by atoms with Crippen LogP contribution >= 0.6 is 0 Å². The van der Waals surface area contributed by atoms with E-state index < -0.39 is 0 Å². The number of aromatic nitrogens is 1. The number of rotatable bonds is 3. The van der Waals surface area contributed by atoms with E-state index in [2.05, 4.69) is 61.6 Å². The number of para-hydroxylation sites is 1. The summed E-state index contributed by atoms with van der Waals surface area (Å²) in [6.45, 7) is 4.38. The Labute approximate surface area is 126 Å². The molecule has 1 N–H and O–H groups in total. The molecule has 1 aromatic heterocycles. The summed E-state index contributed by atoms with van der Waals surface area (Å²) in [4.78, 5) is 4.73. The molecule has 2 aliphatic carbocycles. The summed E-state index contributed by atoms with van der Waals surface area (Å²) >= 11 is 0. The van der Waals surface area contributed by atoms with E-state index in [1.54, 1.807) is 0 Å². The fourth-order valence-electron chi connectivity index (χ4n) is 4.11. The summed E-state index contributed by atoms with van der Waals surface area (Å²) in [6, 6.07) is 11.2. The molecule has 21 heavy (non-hydrogen) atoms. The highest BCUT2D eigenvalue weighted by molar-refractivity contribution is 5.90. The fourth-order valence-corrected chi connectivity index (χ4v) is 4.11. The number of allylic oxidation sites excluding steroid dienone is 2. The second-order valence-electron chi connectivity index (χ2n) is 6.71. The molecular weight excluding hydrogens is 256 g/mol. The van der Waals surface area contributed by atoms with Crippen LogP contribution in [0.2, 0.25) is 0 Å². The molecule has 0 aliphatic heterocycles. The number of pyridine rings is 1. The predicted octanol–water partition coefficient (Wildman–Crippen LogP) is 4.56. The number of anilines is 1. The van der Waals surface area contributed by atoms with Gasteiger partial charge in [-0.2, -0.15) is 0 Å². The van der Waals surface area contributed by atoms with Crippen molar-refractivity contribution in [2.45, 2.75) is 32.7 Å². The first-order valence-corrected chi connectivity index (χ1v) is 8.02. The van der Waals surface area contributed by atoms with Crippen LogP contribution in [0.25, 0.3) is 10.9 Å². The number of nitrogens with zero attached hydrogens (tertiary/aromatic N) is 1. The van der Waals surface area contributed by atoms with Crippen LogP contribution in [0, 0.1) is 24.7 Å². The standard InChI is InChI=1S/C19H22N2/c1-12-6-8-15-4-3-5-18(19(15)20-12)21-13(2)17-11-14-7-9-16(17)10-14/h3-9,13-14,16-17,21H,10-11H2,1-2H3. The Morgan fingerprint density at radius 1 is 1.14 bits per heavy atom. The van der Waals surface area contributed by atoms with Gasteiger partial charge in [0, 0.05) is 17.1 Å². The number of nitrogens with one attached hydrogen (secondary N) is 1. The lowest BCUT2D eigenvalue weighted by atomic mass is 9.87. The van der Waals surface area contributed by atoms with Gasteiger partial charge in [0.05, 0.1) is 11.2 Å². The third-order valence-electron chi connectivity index (χ3n) is 5.22. The zero-order valence-electron chi connectivity index (χ0n) is 12.7. The highest BCUT2D eigenvalue weighted by Crippen LogP contribution is 2.45. The molecule has 2 aromatic rings. The first kappa shape index (κ1) is 12.9. The van der Waals surface area contributed by atoms with Gasteiger partial charge in [0.1, 0.15) is 0 Å². The van der Waals surface area contributed by atoms with Crippen LogP contribution in [-0.4, -0.2) is 11.0 Å². The van der Waals surface area contributed by atoms with Crippen LogP contribution in [0.5, 0.6) is 0 Å². The third-order valence-corrected chi connectivity index (χ3v) is 5.22. The van der Waals surface area contributed by atoms with Crippen molar-refractivity contribution in [3.63, 3.8) is 0 Å². The van der Waals surface area contributed by atoms with E-state index in [0.29, 0.717) is 6.04 Å². The summed E-state index contributed by atoms with van der Waals surface area (Å²) < 4.78 is 0. The van der Waals surface area contributed by atoms with Gasteiger partial charge in [-0.3, -0.25) is 4.98 Å². The van der Waals surface area contributed by atoms with Crippen molar-refractivity contribution < 1.29 is 0 Å². The summed E-state index contributed by atoms with van der Waals surface area (Å²) in [7, 11) is 0. The highest BCUT2D eigenvalue weighted by Gasteiger charge is 2.38. The lowest BCUT2D eigenvalue weighted by Crippen LogP contribution is -2.28. The molecule has 1 heterocycles. The molecule has 1 aromatic carbocycles. The average Bonchev–Trinajstić information content (AvgIpc) is 3.10. The molecule has 2 nitrogen and oxygen atoms in total. The van der Waals surface area contributed by atoms with Crippen LogP contribution in [0.3, 0.4) is 0 Å². The molecule has 0 spiro atoms. The largest absolute Gasteiger partial charge is 0.381 e. The molecular formula is C19H22N2. The van der Waals surface area contributed by atoms with Crippen molar-refractivity contribution in [1.82, 2.24) is 4.98 Å². The Hall–Kier alpha value is -1.83. The molecule has 1 fully saturated rings. The lowest BCUT2D eigenvalue weighted by Gasteiger charge is -2.27. The number of benzene rings is 1. The summed E-state index contributed by atoms with van der Waals surface area (Å²) in [5.41, 5.74) is 3.35. The van der Waals surface area contributed by atoms with E-state index >= 15 is 0 Å². The SMILES string of the molecule is Cc1ccc2cccc(NC(C)C3CC4C=CC3C4)c2n1. The average molecular weight is 278 g/mol. The van der Waals surface area contributed by atoms with E-state index in [-0.39, 0.29) is 0 Å².